The standard InChI is InChI=1S/C6H7NO3/c1-3-4(8)2-5(9)7-6(3)10/h2H,1H3,(H3,7,8,9,10). The van der Waals surface area contributed by atoms with Gasteiger partial charge >= 0.3 is 0 Å². The van der Waals surface area contributed by atoms with Gasteiger partial charge in [0.25, 0.3) is 0 Å². The number of pyridine rings is 1. The molecule has 0 aromatic carbocycles. The van der Waals surface area contributed by atoms with Crippen molar-refractivity contribution in [3.8, 4) is 17.5 Å². The Balaban J connectivity index is 3.31. The van der Waals surface area contributed by atoms with Gasteiger partial charge in [0.2, 0.25) is 11.8 Å². The highest BCUT2D eigenvalue weighted by Crippen LogP contribution is 2.26. The summed E-state index contributed by atoms with van der Waals surface area (Å²) < 4.78 is 0. The lowest BCUT2D eigenvalue weighted by atomic mass is 10.3. The average molecular weight is 141 g/mol. The predicted octanol–water partition coefficient (Wildman–Crippen LogP) is 0.507. The van der Waals surface area contributed by atoms with Crippen LogP contribution in [0.2, 0.25) is 0 Å². The van der Waals surface area contributed by atoms with Crippen molar-refractivity contribution < 1.29 is 15.3 Å². The predicted molar refractivity (Wildman–Crippen MR) is 34.0 cm³/mol. The van der Waals surface area contributed by atoms with Gasteiger partial charge in [-0.1, -0.05) is 0 Å². The molecule has 0 saturated carbocycles. The van der Waals surface area contributed by atoms with E-state index in [2.05, 4.69) is 4.98 Å². The third-order valence-electron chi connectivity index (χ3n) is 1.21. The van der Waals surface area contributed by atoms with Crippen LogP contribution in [0.15, 0.2) is 6.07 Å². The second-order valence-corrected chi connectivity index (χ2v) is 1.95. The summed E-state index contributed by atoms with van der Waals surface area (Å²) in [5.74, 6) is -0.900. The van der Waals surface area contributed by atoms with E-state index in [1.807, 2.05) is 0 Å². The number of hydrogen-bond acceptors (Lipinski definition) is 4. The van der Waals surface area contributed by atoms with Gasteiger partial charge in [0.1, 0.15) is 5.75 Å². The first-order valence-electron chi connectivity index (χ1n) is 2.70. The second kappa shape index (κ2) is 2.06. The molecular weight excluding hydrogens is 134 g/mol. The van der Waals surface area contributed by atoms with Crippen molar-refractivity contribution in [3.05, 3.63) is 11.6 Å². The smallest absolute Gasteiger partial charge is 0.220 e. The quantitative estimate of drug-likeness (QED) is 0.492. The summed E-state index contributed by atoms with van der Waals surface area (Å²) in [4.78, 5) is 3.29. The lowest BCUT2D eigenvalue weighted by molar-refractivity contribution is 0.393. The molecule has 0 aliphatic carbocycles. The Morgan fingerprint density at radius 1 is 1.30 bits per heavy atom. The first-order chi connectivity index (χ1) is 4.61. The van der Waals surface area contributed by atoms with Crippen molar-refractivity contribution in [2.45, 2.75) is 6.92 Å². The van der Waals surface area contributed by atoms with E-state index in [1.165, 1.54) is 6.92 Å². The minimum atomic E-state index is -0.388. The Hall–Kier alpha value is -1.45. The Kier molecular flexibility index (Phi) is 1.37. The molecule has 0 saturated heterocycles. The molecule has 0 aliphatic rings. The van der Waals surface area contributed by atoms with Crippen molar-refractivity contribution in [1.29, 1.82) is 0 Å². The fraction of sp³-hybridized carbons (Fsp3) is 0.167. The van der Waals surface area contributed by atoms with E-state index in [4.69, 9.17) is 15.3 Å². The Bertz CT molecular complexity index is 236. The fourth-order valence-electron chi connectivity index (χ4n) is 0.570. The van der Waals surface area contributed by atoms with Crippen molar-refractivity contribution >= 4 is 0 Å². The topological polar surface area (TPSA) is 73.6 Å². The minimum absolute atomic E-state index is 0.162. The highest BCUT2D eigenvalue weighted by atomic mass is 16.3. The van der Waals surface area contributed by atoms with Crippen LogP contribution in [0.1, 0.15) is 5.56 Å². The van der Waals surface area contributed by atoms with Crippen LogP contribution in [0, 0.1) is 6.92 Å². The third kappa shape index (κ3) is 0.953. The van der Waals surface area contributed by atoms with Gasteiger partial charge < -0.3 is 15.3 Å². The molecular formula is C6H7NO3. The summed E-state index contributed by atoms with van der Waals surface area (Å²) >= 11 is 0. The molecule has 10 heavy (non-hydrogen) atoms. The van der Waals surface area contributed by atoms with Crippen LogP contribution >= 0.6 is 0 Å². The highest BCUT2D eigenvalue weighted by molar-refractivity contribution is 5.40. The van der Waals surface area contributed by atoms with Crippen LogP contribution in [0.4, 0.5) is 0 Å². The van der Waals surface area contributed by atoms with Crippen molar-refractivity contribution in [2.75, 3.05) is 0 Å². The summed E-state index contributed by atoms with van der Waals surface area (Å²) in [7, 11) is 0. The molecule has 0 aliphatic heterocycles. The molecule has 1 aromatic rings. The summed E-state index contributed by atoms with van der Waals surface area (Å²) in [6.07, 6.45) is 0. The largest absolute Gasteiger partial charge is 0.507 e. The van der Waals surface area contributed by atoms with Crippen molar-refractivity contribution in [1.82, 2.24) is 4.98 Å². The molecule has 54 valence electrons. The third-order valence-corrected chi connectivity index (χ3v) is 1.21. The molecule has 0 unspecified atom stereocenters. The Morgan fingerprint density at radius 2 is 1.90 bits per heavy atom. The van der Waals surface area contributed by atoms with Crippen molar-refractivity contribution in [2.24, 2.45) is 0 Å². The van der Waals surface area contributed by atoms with Crippen LogP contribution in [0.25, 0.3) is 0 Å². The Labute approximate surface area is 57.4 Å². The zero-order valence-corrected chi connectivity index (χ0v) is 5.37. The lowest BCUT2D eigenvalue weighted by Gasteiger charge is -1.99. The monoisotopic (exact) mass is 141 g/mol. The molecule has 1 heterocycles. The summed E-state index contributed by atoms with van der Waals surface area (Å²) in [5.41, 5.74) is 0.262. The van der Waals surface area contributed by atoms with Gasteiger partial charge in [-0.2, -0.15) is 4.98 Å². The molecule has 0 bridgehead atoms. The summed E-state index contributed by atoms with van der Waals surface area (Å²) in [5, 5.41) is 26.5. The van der Waals surface area contributed by atoms with Gasteiger partial charge in [-0.25, -0.2) is 0 Å². The van der Waals surface area contributed by atoms with E-state index in [9.17, 15) is 0 Å². The van der Waals surface area contributed by atoms with Gasteiger partial charge in [0.15, 0.2) is 0 Å². The average Bonchev–Trinajstić information content (AvgIpc) is 1.82. The molecule has 0 atom stereocenters. The highest BCUT2D eigenvalue weighted by Gasteiger charge is 2.04. The van der Waals surface area contributed by atoms with E-state index in [-0.39, 0.29) is 23.1 Å². The van der Waals surface area contributed by atoms with Crippen LogP contribution < -0.4 is 0 Å². The maximum Gasteiger partial charge on any atom is 0.220 e. The van der Waals surface area contributed by atoms with Gasteiger partial charge in [0, 0.05) is 6.07 Å². The maximum atomic E-state index is 8.92. The van der Waals surface area contributed by atoms with Crippen LogP contribution in [-0.2, 0) is 0 Å². The van der Waals surface area contributed by atoms with E-state index < -0.39 is 0 Å². The van der Waals surface area contributed by atoms with Gasteiger partial charge in [-0.15, -0.1) is 0 Å². The molecule has 3 N–H and O–H groups in total. The fourth-order valence-corrected chi connectivity index (χ4v) is 0.570. The van der Waals surface area contributed by atoms with E-state index in [1.54, 1.807) is 0 Å². The zero-order valence-electron chi connectivity index (χ0n) is 5.37. The number of nitrogens with zero attached hydrogens (tertiary/aromatic N) is 1. The van der Waals surface area contributed by atoms with Crippen LogP contribution in [0.5, 0.6) is 17.5 Å². The van der Waals surface area contributed by atoms with E-state index in [0.717, 1.165) is 6.07 Å². The first-order valence-corrected chi connectivity index (χ1v) is 2.70. The molecule has 0 spiro atoms. The SMILES string of the molecule is Cc1c(O)cc(O)nc1O. The number of aromatic nitrogens is 1. The molecule has 0 radical (unpaired) electrons. The molecule has 1 aromatic heterocycles. The molecule has 4 nitrogen and oxygen atoms in total. The zero-order chi connectivity index (χ0) is 7.72. The van der Waals surface area contributed by atoms with Gasteiger partial charge in [-0.3, -0.25) is 0 Å². The molecule has 0 amide bonds. The number of rotatable bonds is 0. The maximum absolute atomic E-state index is 8.92. The van der Waals surface area contributed by atoms with Gasteiger partial charge in [-0.05, 0) is 6.92 Å². The molecule has 4 heteroatoms. The first kappa shape index (κ1) is 6.67. The summed E-state index contributed by atoms with van der Waals surface area (Å²) in [6, 6.07) is 1.06. The minimum Gasteiger partial charge on any atom is -0.507 e. The van der Waals surface area contributed by atoms with E-state index >= 15 is 0 Å². The Morgan fingerprint density at radius 3 is 2.40 bits per heavy atom. The normalized spacial score (nSPS) is 9.70. The van der Waals surface area contributed by atoms with Gasteiger partial charge in [0.05, 0.1) is 5.56 Å². The number of aromatic hydroxyl groups is 3. The van der Waals surface area contributed by atoms with E-state index in [0.29, 0.717) is 0 Å². The van der Waals surface area contributed by atoms with Crippen LogP contribution in [-0.4, -0.2) is 20.3 Å². The van der Waals surface area contributed by atoms with Crippen molar-refractivity contribution in [3.63, 3.8) is 0 Å². The summed E-state index contributed by atoms with van der Waals surface area (Å²) in [6.45, 7) is 1.50. The second-order valence-electron chi connectivity index (χ2n) is 1.95. The molecule has 1 rings (SSSR count). The van der Waals surface area contributed by atoms with Crippen LogP contribution in [0.3, 0.4) is 0 Å². The molecule has 0 fully saturated rings. The lowest BCUT2D eigenvalue weighted by Crippen LogP contribution is -1.80. The number of hydrogen-bond donors (Lipinski definition) is 3.